The Bertz CT molecular complexity index is 858. The molecule has 0 fully saturated rings. The van der Waals surface area contributed by atoms with Crippen LogP contribution in [0.4, 0.5) is 11.4 Å². The molecule has 0 saturated carbocycles. The molecule has 0 radical (unpaired) electrons. The average molecular weight is 394 g/mol. The van der Waals surface area contributed by atoms with Gasteiger partial charge in [-0.05, 0) is 66.4 Å². The third-order valence-electron chi connectivity index (χ3n) is 4.86. The van der Waals surface area contributed by atoms with Gasteiger partial charge in [-0.15, -0.1) is 0 Å². The van der Waals surface area contributed by atoms with Crippen molar-refractivity contribution in [1.82, 2.24) is 0 Å². The van der Waals surface area contributed by atoms with Crippen LogP contribution in [-0.4, -0.2) is 7.11 Å². The van der Waals surface area contributed by atoms with Crippen molar-refractivity contribution in [3.05, 3.63) is 88.4 Å². The minimum Gasteiger partial charge on any atom is -0.497 e. The van der Waals surface area contributed by atoms with Crippen molar-refractivity contribution < 1.29 is 4.74 Å². The number of aryl methyl sites for hydroxylation is 1. The second kappa shape index (κ2) is 6.93. The highest BCUT2D eigenvalue weighted by molar-refractivity contribution is 9.10. The number of halogens is 1. The van der Waals surface area contributed by atoms with E-state index < -0.39 is 0 Å². The number of hydrogen-bond acceptors (Lipinski definition) is 2. The quantitative estimate of drug-likeness (QED) is 0.518. The number of benzene rings is 3. The number of anilines is 2. The Morgan fingerprint density at radius 3 is 2.36 bits per heavy atom. The summed E-state index contributed by atoms with van der Waals surface area (Å²) in [6.07, 6.45) is 2.20. The molecule has 0 aromatic heterocycles. The molecular weight excluding hydrogens is 374 g/mol. The van der Waals surface area contributed by atoms with Crippen LogP contribution in [-0.2, 0) is 6.42 Å². The lowest BCUT2D eigenvalue weighted by atomic mass is 9.90. The van der Waals surface area contributed by atoms with E-state index in [0.29, 0.717) is 6.04 Å². The number of nitrogens with zero attached hydrogens (tertiary/aromatic N) is 1. The Kier molecular flexibility index (Phi) is 4.50. The van der Waals surface area contributed by atoms with Crippen molar-refractivity contribution in [2.24, 2.45) is 0 Å². The monoisotopic (exact) mass is 393 g/mol. The van der Waals surface area contributed by atoms with E-state index in [2.05, 4.69) is 81.5 Å². The molecule has 126 valence electrons. The zero-order valence-corrected chi connectivity index (χ0v) is 15.7. The first-order valence-corrected chi connectivity index (χ1v) is 9.32. The Balaban J connectivity index is 1.81. The van der Waals surface area contributed by atoms with Crippen LogP contribution in [0.1, 0.15) is 23.6 Å². The summed E-state index contributed by atoms with van der Waals surface area (Å²) >= 11 is 3.54. The van der Waals surface area contributed by atoms with Gasteiger partial charge in [0.15, 0.2) is 0 Å². The van der Waals surface area contributed by atoms with Gasteiger partial charge >= 0.3 is 0 Å². The van der Waals surface area contributed by atoms with Crippen molar-refractivity contribution in [1.29, 1.82) is 0 Å². The van der Waals surface area contributed by atoms with Crippen molar-refractivity contribution in [3.8, 4) is 5.75 Å². The molecule has 0 amide bonds. The van der Waals surface area contributed by atoms with E-state index in [1.165, 1.54) is 22.5 Å². The van der Waals surface area contributed by atoms with E-state index in [-0.39, 0.29) is 0 Å². The van der Waals surface area contributed by atoms with Gasteiger partial charge in [0, 0.05) is 15.8 Å². The molecule has 1 unspecified atom stereocenters. The third kappa shape index (κ3) is 3.16. The van der Waals surface area contributed by atoms with Crippen LogP contribution in [0.2, 0.25) is 0 Å². The molecular formula is C22H20BrNO. The maximum Gasteiger partial charge on any atom is 0.119 e. The highest BCUT2D eigenvalue weighted by atomic mass is 79.9. The fraction of sp³-hybridized carbons (Fsp3) is 0.182. The van der Waals surface area contributed by atoms with Crippen molar-refractivity contribution >= 4 is 27.3 Å². The Morgan fingerprint density at radius 2 is 1.64 bits per heavy atom. The average Bonchev–Trinajstić information content (AvgIpc) is 2.68. The first-order chi connectivity index (χ1) is 12.3. The molecule has 1 heterocycles. The Labute approximate surface area is 157 Å². The summed E-state index contributed by atoms with van der Waals surface area (Å²) in [5, 5.41) is 0. The minimum absolute atomic E-state index is 0.330. The number of ether oxygens (including phenoxy) is 1. The second-order valence-electron chi connectivity index (χ2n) is 6.30. The molecule has 1 aliphatic heterocycles. The zero-order chi connectivity index (χ0) is 17.2. The van der Waals surface area contributed by atoms with Gasteiger partial charge < -0.3 is 9.64 Å². The largest absolute Gasteiger partial charge is 0.497 e. The van der Waals surface area contributed by atoms with Crippen molar-refractivity contribution in [3.63, 3.8) is 0 Å². The molecule has 3 heteroatoms. The van der Waals surface area contributed by atoms with E-state index in [1.807, 2.05) is 12.1 Å². The number of methoxy groups -OCH3 is 1. The van der Waals surface area contributed by atoms with Gasteiger partial charge in [0.25, 0.3) is 0 Å². The van der Waals surface area contributed by atoms with Crippen LogP contribution in [0.5, 0.6) is 5.75 Å². The van der Waals surface area contributed by atoms with E-state index in [0.717, 1.165) is 23.1 Å². The second-order valence-corrected chi connectivity index (χ2v) is 7.22. The Morgan fingerprint density at radius 1 is 0.920 bits per heavy atom. The minimum atomic E-state index is 0.330. The lowest BCUT2D eigenvalue weighted by Crippen LogP contribution is -2.29. The van der Waals surface area contributed by atoms with Crippen LogP contribution in [0.15, 0.2) is 77.3 Å². The smallest absolute Gasteiger partial charge is 0.119 e. The number of para-hydroxylation sites is 1. The summed E-state index contributed by atoms with van der Waals surface area (Å²) in [6, 6.07) is 26.1. The van der Waals surface area contributed by atoms with Gasteiger partial charge in [-0.2, -0.15) is 0 Å². The van der Waals surface area contributed by atoms with E-state index in [4.69, 9.17) is 4.74 Å². The van der Waals surface area contributed by atoms with E-state index in [9.17, 15) is 0 Å². The molecule has 1 atom stereocenters. The molecule has 3 aromatic carbocycles. The molecule has 0 saturated heterocycles. The predicted molar refractivity (Wildman–Crippen MR) is 107 cm³/mol. The van der Waals surface area contributed by atoms with Crippen LogP contribution in [0.3, 0.4) is 0 Å². The van der Waals surface area contributed by atoms with Gasteiger partial charge in [0.1, 0.15) is 5.75 Å². The van der Waals surface area contributed by atoms with Gasteiger partial charge in [-0.1, -0.05) is 46.3 Å². The summed E-state index contributed by atoms with van der Waals surface area (Å²) in [6.45, 7) is 0. The lowest BCUT2D eigenvalue weighted by Gasteiger charge is -2.39. The Hall–Kier alpha value is -2.26. The van der Waals surface area contributed by atoms with Crippen LogP contribution < -0.4 is 9.64 Å². The summed E-state index contributed by atoms with van der Waals surface area (Å²) in [5.41, 5.74) is 5.24. The number of fused-ring (bicyclic) bond motifs is 1. The van der Waals surface area contributed by atoms with Gasteiger partial charge in [-0.3, -0.25) is 0 Å². The van der Waals surface area contributed by atoms with Gasteiger partial charge in [0.05, 0.1) is 13.2 Å². The van der Waals surface area contributed by atoms with Crippen LogP contribution in [0, 0.1) is 0 Å². The molecule has 4 rings (SSSR count). The normalized spacial score (nSPS) is 16.4. The fourth-order valence-electron chi connectivity index (χ4n) is 3.61. The summed E-state index contributed by atoms with van der Waals surface area (Å²) < 4.78 is 6.44. The van der Waals surface area contributed by atoms with E-state index in [1.54, 1.807) is 7.11 Å². The fourth-order valence-corrected chi connectivity index (χ4v) is 3.87. The number of hydrogen-bond donors (Lipinski definition) is 0. The first-order valence-electron chi connectivity index (χ1n) is 8.53. The van der Waals surface area contributed by atoms with Gasteiger partial charge in [-0.25, -0.2) is 0 Å². The first kappa shape index (κ1) is 16.2. The number of rotatable bonds is 3. The van der Waals surface area contributed by atoms with Crippen molar-refractivity contribution in [2.45, 2.75) is 18.9 Å². The molecule has 0 aliphatic carbocycles. The van der Waals surface area contributed by atoms with Gasteiger partial charge in [0.2, 0.25) is 0 Å². The summed E-state index contributed by atoms with van der Waals surface area (Å²) in [4.78, 5) is 2.46. The molecule has 2 nitrogen and oxygen atoms in total. The maximum absolute atomic E-state index is 5.33. The van der Waals surface area contributed by atoms with Crippen LogP contribution in [0.25, 0.3) is 0 Å². The zero-order valence-electron chi connectivity index (χ0n) is 14.2. The molecule has 0 spiro atoms. The predicted octanol–water partition coefficient (Wildman–Crippen LogP) is 6.28. The third-order valence-corrected chi connectivity index (χ3v) is 5.38. The lowest BCUT2D eigenvalue weighted by molar-refractivity contribution is 0.415. The highest BCUT2D eigenvalue weighted by Gasteiger charge is 2.28. The molecule has 25 heavy (non-hydrogen) atoms. The molecule has 3 aromatic rings. The SMILES string of the molecule is COc1ccc(N2c3ccccc3CCC2c2ccc(Br)cc2)cc1. The molecule has 0 N–H and O–H groups in total. The van der Waals surface area contributed by atoms with Crippen LogP contribution >= 0.6 is 15.9 Å². The molecule has 0 bridgehead atoms. The van der Waals surface area contributed by atoms with Crippen molar-refractivity contribution in [2.75, 3.05) is 12.0 Å². The maximum atomic E-state index is 5.33. The summed E-state index contributed by atoms with van der Waals surface area (Å²) in [5.74, 6) is 0.884. The van der Waals surface area contributed by atoms with E-state index >= 15 is 0 Å². The topological polar surface area (TPSA) is 12.5 Å². The molecule has 1 aliphatic rings. The summed E-state index contributed by atoms with van der Waals surface area (Å²) in [7, 11) is 1.70. The highest BCUT2D eigenvalue weighted by Crippen LogP contribution is 2.43. The standard InChI is InChI=1S/C22H20BrNO/c1-25-20-13-11-19(12-14-20)24-21-5-3-2-4-16(21)8-15-22(24)17-6-9-18(23)10-7-17/h2-7,9-14,22H,8,15H2,1H3.